The molecule has 5 heteroatoms. The van der Waals surface area contributed by atoms with Crippen LogP contribution >= 0.6 is 0 Å². The molecule has 1 saturated heterocycles. The summed E-state index contributed by atoms with van der Waals surface area (Å²) < 4.78 is 0. The van der Waals surface area contributed by atoms with Crippen molar-refractivity contribution in [3.63, 3.8) is 0 Å². The molecule has 0 radical (unpaired) electrons. The Bertz CT molecular complexity index is 383. The summed E-state index contributed by atoms with van der Waals surface area (Å²) in [5.74, 6) is -1.09. The average Bonchev–Trinajstić information content (AvgIpc) is 2.80. The van der Waals surface area contributed by atoms with Crippen LogP contribution in [0.15, 0.2) is 0 Å². The maximum Gasteiger partial charge on any atom is 0.307 e. The summed E-state index contributed by atoms with van der Waals surface area (Å²) in [5.41, 5.74) is 0. The summed E-state index contributed by atoms with van der Waals surface area (Å²) in [6.07, 6.45) is 3.28. The van der Waals surface area contributed by atoms with Gasteiger partial charge in [0.15, 0.2) is 0 Å². The predicted octanol–water partition coefficient (Wildman–Crippen LogP) is 1.29. The van der Waals surface area contributed by atoms with Crippen molar-refractivity contribution in [2.45, 2.75) is 38.6 Å². The van der Waals surface area contributed by atoms with Crippen LogP contribution in [0.5, 0.6) is 0 Å². The molecule has 1 saturated carbocycles. The number of likely N-dealkylation sites (tertiary alicyclic amines) is 1. The van der Waals surface area contributed by atoms with Gasteiger partial charge >= 0.3 is 5.97 Å². The number of carbonyl (C=O) groups excluding carboxylic acids is 1. The molecule has 1 amide bonds. The summed E-state index contributed by atoms with van der Waals surface area (Å²) in [5, 5.41) is 9.31. The number of likely N-dealkylation sites (N-methyl/N-ethyl adjacent to an activating group) is 1. The van der Waals surface area contributed by atoms with Gasteiger partial charge in [-0.2, -0.15) is 0 Å². The number of hydrogen-bond acceptors (Lipinski definition) is 3. The molecule has 0 bridgehead atoms. The second-order valence-electron chi connectivity index (χ2n) is 6.59. The summed E-state index contributed by atoms with van der Waals surface area (Å²) in [7, 11) is 4.08. The molecule has 2 aliphatic rings. The average molecular weight is 282 g/mol. The fourth-order valence-corrected chi connectivity index (χ4v) is 3.76. The van der Waals surface area contributed by atoms with Gasteiger partial charge < -0.3 is 14.9 Å². The van der Waals surface area contributed by atoms with Gasteiger partial charge in [-0.25, -0.2) is 0 Å². The largest absolute Gasteiger partial charge is 0.481 e. The lowest BCUT2D eigenvalue weighted by molar-refractivity contribution is -0.152. The Morgan fingerprint density at radius 1 is 1.10 bits per heavy atom. The highest BCUT2D eigenvalue weighted by molar-refractivity contribution is 5.85. The van der Waals surface area contributed by atoms with Crippen LogP contribution in [0, 0.1) is 17.8 Å². The van der Waals surface area contributed by atoms with Crippen molar-refractivity contribution in [3.8, 4) is 0 Å². The molecule has 1 heterocycles. The van der Waals surface area contributed by atoms with Crippen LogP contribution in [0.3, 0.4) is 0 Å². The van der Waals surface area contributed by atoms with Gasteiger partial charge in [-0.05, 0) is 32.9 Å². The quantitative estimate of drug-likeness (QED) is 0.847. The molecule has 4 atom stereocenters. The van der Waals surface area contributed by atoms with Crippen LogP contribution in [-0.2, 0) is 9.59 Å². The molecule has 2 unspecified atom stereocenters. The molecule has 20 heavy (non-hydrogen) atoms. The van der Waals surface area contributed by atoms with Crippen LogP contribution in [-0.4, -0.2) is 60.0 Å². The minimum atomic E-state index is -0.806. The van der Waals surface area contributed by atoms with Gasteiger partial charge in [0.1, 0.15) is 0 Å². The number of nitrogens with zero attached hydrogens (tertiary/aromatic N) is 2. The molecule has 2 rings (SSSR count). The highest BCUT2D eigenvalue weighted by Gasteiger charge is 2.41. The fraction of sp³-hybridized carbons (Fsp3) is 0.867. The van der Waals surface area contributed by atoms with Gasteiger partial charge in [0.25, 0.3) is 0 Å². The Balaban J connectivity index is 2.05. The van der Waals surface area contributed by atoms with Crippen molar-refractivity contribution in [2.24, 2.45) is 17.8 Å². The van der Waals surface area contributed by atoms with E-state index in [1.807, 2.05) is 19.0 Å². The first-order valence-corrected chi connectivity index (χ1v) is 7.59. The molecular weight excluding hydrogens is 256 g/mol. The molecule has 2 fully saturated rings. The lowest BCUT2D eigenvalue weighted by Crippen LogP contribution is -2.42. The summed E-state index contributed by atoms with van der Waals surface area (Å²) >= 11 is 0. The first-order chi connectivity index (χ1) is 9.41. The molecular formula is C15H26N2O3. The van der Waals surface area contributed by atoms with Crippen molar-refractivity contribution < 1.29 is 14.7 Å². The summed E-state index contributed by atoms with van der Waals surface area (Å²) in [4.78, 5) is 28.1. The highest BCUT2D eigenvalue weighted by Crippen LogP contribution is 2.33. The third-order valence-corrected chi connectivity index (χ3v) is 4.95. The van der Waals surface area contributed by atoms with Crippen molar-refractivity contribution in [1.82, 2.24) is 9.80 Å². The van der Waals surface area contributed by atoms with E-state index in [9.17, 15) is 14.7 Å². The van der Waals surface area contributed by atoms with E-state index in [-0.39, 0.29) is 11.8 Å². The van der Waals surface area contributed by atoms with Gasteiger partial charge in [0, 0.05) is 19.1 Å². The maximum absolute atomic E-state index is 12.7. The number of amides is 1. The Labute approximate surface area is 120 Å². The number of hydrogen-bond donors (Lipinski definition) is 1. The molecule has 0 aromatic rings. The van der Waals surface area contributed by atoms with Crippen LogP contribution < -0.4 is 0 Å². The van der Waals surface area contributed by atoms with E-state index in [4.69, 9.17) is 0 Å². The van der Waals surface area contributed by atoms with E-state index < -0.39 is 11.9 Å². The topological polar surface area (TPSA) is 60.9 Å². The van der Waals surface area contributed by atoms with E-state index in [1.165, 1.54) is 0 Å². The van der Waals surface area contributed by atoms with Crippen LogP contribution in [0.1, 0.15) is 32.6 Å². The highest BCUT2D eigenvalue weighted by atomic mass is 16.4. The van der Waals surface area contributed by atoms with Crippen molar-refractivity contribution >= 4 is 11.9 Å². The van der Waals surface area contributed by atoms with E-state index in [0.717, 1.165) is 32.4 Å². The van der Waals surface area contributed by atoms with E-state index in [2.05, 4.69) is 11.8 Å². The molecule has 1 N–H and O–H groups in total. The molecule has 1 aliphatic carbocycles. The first kappa shape index (κ1) is 15.3. The van der Waals surface area contributed by atoms with E-state index in [1.54, 1.807) is 0 Å². The van der Waals surface area contributed by atoms with Gasteiger partial charge in [0.05, 0.1) is 11.8 Å². The minimum absolute atomic E-state index is 0.0632. The van der Waals surface area contributed by atoms with Crippen LogP contribution in [0.2, 0.25) is 0 Å². The Morgan fingerprint density at radius 2 is 1.70 bits per heavy atom. The zero-order chi connectivity index (χ0) is 14.9. The van der Waals surface area contributed by atoms with Crippen LogP contribution in [0.4, 0.5) is 0 Å². The SMILES string of the molecule is CC1CN(C(=O)[C@@H]2CCCC[C@@H]2C(=O)O)CC1N(C)C. The third-order valence-electron chi connectivity index (χ3n) is 4.95. The molecule has 0 aromatic heterocycles. The Hall–Kier alpha value is -1.10. The van der Waals surface area contributed by atoms with Gasteiger partial charge in [0.2, 0.25) is 5.91 Å². The number of rotatable bonds is 3. The molecule has 5 nitrogen and oxygen atoms in total. The van der Waals surface area contributed by atoms with Crippen LogP contribution in [0.25, 0.3) is 0 Å². The van der Waals surface area contributed by atoms with Gasteiger partial charge in [-0.15, -0.1) is 0 Å². The summed E-state index contributed by atoms with van der Waals surface area (Å²) in [6.45, 7) is 3.65. The second kappa shape index (κ2) is 6.12. The summed E-state index contributed by atoms with van der Waals surface area (Å²) in [6, 6.07) is 0.380. The van der Waals surface area contributed by atoms with Crippen molar-refractivity contribution in [3.05, 3.63) is 0 Å². The number of aliphatic carboxylic acids is 1. The number of carboxylic acid groups (broad SMARTS) is 1. The Morgan fingerprint density at radius 3 is 2.20 bits per heavy atom. The third kappa shape index (κ3) is 2.97. The lowest BCUT2D eigenvalue weighted by Gasteiger charge is -2.31. The van der Waals surface area contributed by atoms with Crippen molar-refractivity contribution in [2.75, 3.05) is 27.2 Å². The molecule has 0 aromatic carbocycles. The maximum atomic E-state index is 12.7. The van der Waals surface area contributed by atoms with Gasteiger partial charge in [-0.1, -0.05) is 19.8 Å². The smallest absolute Gasteiger partial charge is 0.307 e. The zero-order valence-electron chi connectivity index (χ0n) is 12.7. The number of carbonyl (C=O) groups is 2. The van der Waals surface area contributed by atoms with E-state index >= 15 is 0 Å². The zero-order valence-corrected chi connectivity index (χ0v) is 12.7. The normalized spacial score (nSPS) is 34.5. The fourth-order valence-electron chi connectivity index (χ4n) is 3.76. The van der Waals surface area contributed by atoms with Gasteiger partial charge in [-0.3, -0.25) is 9.59 Å². The minimum Gasteiger partial charge on any atom is -0.481 e. The lowest BCUT2D eigenvalue weighted by atomic mass is 9.78. The van der Waals surface area contributed by atoms with E-state index in [0.29, 0.717) is 18.4 Å². The predicted molar refractivity (Wildman–Crippen MR) is 76.3 cm³/mol. The second-order valence-corrected chi connectivity index (χ2v) is 6.59. The first-order valence-electron chi connectivity index (χ1n) is 7.59. The molecule has 114 valence electrons. The standard InChI is InChI=1S/C15H26N2O3/c1-10-8-17(9-13(10)16(2)3)14(18)11-6-4-5-7-12(11)15(19)20/h10-13H,4-9H2,1-3H3,(H,19,20)/t10?,11-,12+,13?/m1/s1. The monoisotopic (exact) mass is 282 g/mol. The van der Waals surface area contributed by atoms with Crippen molar-refractivity contribution in [1.29, 1.82) is 0 Å². The molecule has 0 spiro atoms. The molecule has 1 aliphatic heterocycles. The Kier molecular flexibility index (Phi) is 4.68. The number of carboxylic acids is 1.